The largest absolute Gasteiger partial charge is 0.469 e. The molecule has 0 bridgehead atoms. The predicted octanol–water partition coefficient (Wildman–Crippen LogP) is 8.93. The lowest BCUT2D eigenvalue weighted by molar-refractivity contribution is -0.140. The maximum atomic E-state index is 11.4. The topological polar surface area (TPSA) is 54.0 Å². The fraction of sp³-hybridized carbons (Fsp3) is 0.900. The molecule has 0 radical (unpaired) electrons. The molecule has 1 aliphatic carbocycles. The fourth-order valence-corrected chi connectivity index (χ4v) is 9.23. The average molecular weight is 587 g/mol. The highest BCUT2D eigenvalue weighted by Crippen LogP contribution is 2.44. The lowest BCUT2D eigenvalue weighted by Crippen LogP contribution is -2.36. The van der Waals surface area contributed by atoms with Gasteiger partial charge in [0, 0.05) is 12.5 Å². The standard InChI is InChI=1S/C30H62O5Si3/c1-12-13-16-19-25(33-36(3,4)5)22-23-27-26(20-17-14-15-18-21-30(31)32-2)28(34-37(6,7)8)24-29(27)35-38(9,10)11/h14,17,25-29H,12-13,15-16,18-24H2,1-11H3/b17-14+/t25?,26-,27-,28?,29?/m1/s1. The number of methoxy groups -OCH3 is 1. The van der Waals surface area contributed by atoms with Crippen molar-refractivity contribution < 1.29 is 22.8 Å². The van der Waals surface area contributed by atoms with E-state index in [1.165, 1.54) is 32.8 Å². The number of unbranched alkanes of at least 4 members (excludes halogenated alkanes) is 3. The number of hydrogen-bond donors (Lipinski definition) is 0. The van der Waals surface area contributed by atoms with Gasteiger partial charge in [-0.25, -0.2) is 0 Å². The second kappa shape index (κ2) is 16.9. The Hall–Kier alpha value is -0.259. The van der Waals surface area contributed by atoms with Crippen LogP contribution in [-0.4, -0.2) is 56.3 Å². The summed E-state index contributed by atoms with van der Waals surface area (Å²) < 4.78 is 25.2. The SMILES string of the molecule is CCCCCC(CC[C@H]1C(O[Si](C)(C)C)CC(O[Si](C)(C)C)[C@@H]1C/C=C/CCCC(=O)OC)O[Si](C)(C)C. The number of ether oxygens (including phenoxy) is 1. The van der Waals surface area contributed by atoms with Crippen LogP contribution < -0.4 is 0 Å². The van der Waals surface area contributed by atoms with Crippen molar-refractivity contribution in [1.29, 1.82) is 0 Å². The Morgan fingerprint density at radius 2 is 1.42 bits per heavy atom. The zero-order chi connectivity index (χ0) is 29.0. The first-order chi connectivity index (χ1) is 17.5. The van der Waals surface area contributed by atoms with Gasteiger partial charge in [0.15, 0.2) is 25.0 Å². The third-order valence-corrected chi connectivity index (χ3v) is 10.1. The average Bonchev–Trinajstić information content (AvgIpc) is 3.05. The van der Waals surface area contributed by atoms with Crippen LogP contribution in [0.3, 0.4) is 0 Å². The summed E-state index contributed by atoms with van der Waals surface area (Å²) in [5.74, 6) is 0.822. The van der Waals surface area contributed by atoms with E-state index >= 15 is 0 Å². The van der Waals surface area contributed by atoms with Gasteiger partial charge >= 0.3 is 5.97 Å². The molecule has 0 N–H and O–H groups in total. The number of hydrogen-bond acceptors (Lipinski definition) is 5. The molecule has 0 heterocycles. The summed E-state index contributed by atoms with van der Waals surface area (Å²) in [6.45, 7) is 23.1. The van der Waals surface area contributed by atoms with E-state index in [0.717, 1.165) is 38.5 Å². The van der Waals surface area contributed by atoms with Crippen molar-refractivity contribution in [2.45, 2.75) is 155 Å². The zero-order valence-corrected chi connectivity index (χ0v) is 29.9. The molecular weight excluding hydrogens is 525 g/mol. The van der Waals surface area contributed by atoms with Crippen molar-refractivity contribution in [3.05, 3.63) is 12.2 Å². The van der Waals surface area contributed by atoms with Crippen LogP contribution >= 0.6 is 0 Å². The smallest absolute Gasteiger partial charge is 0.305 e. The van der Waals surface area contributed by atoms with Crippen LogP contribution in [-0.2, 0) is 22.8 Å². The molecule has 1 rings (SSSR count). The zero-order valence-electron chi connectivity index (χ0n) is 26.9. The highest BCUT2D eigenvalue weighted by Gasteiger charge is 2.46. The van der Waals surface area contributed by atoms with Crippen LogP contribution in [0, 0.1) is 11.8 Å². The molecule has 0 spiro atoms. The van der Waals surface area contributed by atoms with Crippen LogP contribution in [0.1, 0.15) is 77.6 Å². The van der Waals surface area contributed by atoms with Gasteiger partial charge in [0.1, 0.15) is 0 Å². The first-order valence-corrected chi connectivity index (χ1v) is 25.5. The second-order valence-corrected chi connectivity index (χ2v) is 27.6. The minimum atomic E-state index is -1.70. The molecule has 3 unspecified atom stereocenters. The molecule has 8 heteroatoms. The molecule has 1 saturated carbocycles. The minimum Gasteiger partial charge on any atom is -0.469 e. The normalized spacial score (nSPS) is 23.8. The second-order valence-electron chi connectivity index (χ2n) is 14.2. The summed E-state index contributed by atoms with van der Waals surface area (Å²) >= 11 is 0. The lowest BCUT2D eigenvalue weighted by Gasteiger charge is -2.33. The summed E-state index contributed by atoms with van der Waals surface area (Å²) in [6.07, 6.45) is 16.9. The van der Waals surface area contributed by atoms with E-state index in [2.05, 4.69) is 78.0 Å². The molecule has 1 aliphatic rings. The Labute approximate surface area is 239 Å². The van der Waals surface area contributed by atoms with Gasteiger partial charge in [-0.3, -0.25) is 4.79 Å². The summed E-state index contributed by atoms with van der Waals surface area (Å²) in [5.41, 5.74) is 0. The van der Waals surface area contributed by atoms with E-state index in [1.807, 2.05) is 0 Å². The van der Waals surface area contributed by atoms with Gasteiger partial charge in [-0.1, -0.05) is 38.3 Å². The van der Waals surface area contributed by atoms with E-state index in [0.29, 0.717) is 24.4 Å². The van der Waals surface area contributed by atoms with E-state index in [-0.39, 0.29) is 18.2 Å². The summed E-state index contributed by atoms with van der Waals surface area (Å²) in [4.78, 5) is 11.4. The van der Waals surface area contributed by atoms with Gasteiger partial charge < -0.3 is 18.0 Å². The molecule has 0 aromatic carbocycles. The molecule has 1 fully saturated rings. The van der Waals surface area contributed by atoms with Crippen molar-refractivity contribution in [3.63, 3.8) is 0 Å². The maximum absolute atomic E-state index is 11.4. The van der Waals surface area contributed by atoms with E-state index in [4.69, 9.17) is 18.0 Å². The Balaban J connectivity index is 3.07. The van der Waals surface area contributed by atoms with Crippen molar-refractivity contribution in [2.75, 3.05) is 7.11 Å². The fourth-order valence-electron chi connectivity index (χ4n) is 5.64. The Morgan fingerprint density at radius 3 is 1.95 bits per heavy atom. The van der Waals surface area contributed by atoms with Crippen LogP contribution in [0.5, 0.6) is 0 Å². The van der Waals surface area contributed by atoms with Crippen molar-refractivity contribution in [1.82, 2.24) is 0 Å². The molecule has 5 atom stereocenters. The number of esters is 1. The van der Waals surface area contributed by atoms with Crippen LogP contribution in [0.15, 0.2) is 12.2 Å². The quantitative estimate of drug-likeness (QED) is 0.0654. The van der Waals surface area contributed by atoms with E-state index < -0.39 is 25.0 Å². The molecule has 0 aliphatic heterocycles. The van der Waals surface area contributed by atoms with E-state index in [9.17, 15) is 4.79 Å². The van der Waals surface area contributed by atoms with Crippen LogP contribution in [0.25, 0.3) is 0 Å². The third-order valence-electron chi connectivity index (χ3n) is 7.01. The van der Waals surface area contributed by atoms with Crippen molar-refractivity contribution in [3.8, 4) is 0 Å². The Morgan fingerprint density at radius 1 is 0.816 bits per heavy atom. The number of carbonyl (C=O) groups is 1. The summed E-state index contributed by atoms with van der Waals surface area (Å²) in [6, 6.07) is 0. The number of rotatable bonds is 19. The number of allylic oxidation sites excluding steroid dienone is 2. The minimum absolute atomic E-state index is 0.127. The van der Waals surface area contributed by atoms with Gasteiger partial charge in [0.2, 0.25) is 0 Å². The maximum Gasteiger partial charge on any atom is 0.305 e. The summed E-state index contributed by atoms with van der Waals surface area (Å²) in [7, 11) is -3.54. The first-order valence-electron chi connectivity index (χ1n) is 15.3. The molecule has 38 heavy (non-hydrogen) atoms. The highest BCUT2D eigenvalue weighted by molar-refractivity contribution is 6.70. The highest BCUT2D eigenvalue weighted by atomic mass is 28.4. The van der Waals surface area contributed by atoms with Gasteiger partial charge in [0.25, 0.3) is 0 Å². The molecule has 224 valence electrons. The van der Waals surface area contributed by atoms with Gasteiger partial charge in [0.05, 0.1) is 19.3 Å². The Kier molecular flexibility index (Phi) is 15.9. The van der Waals surface area contributed by atoms with Gasteiger partial charge in [-0.2, -0.15) is 0 Å². The molecule has 0 amide bonds. The summed E-state index contributed by atoms with van der Waals surface area (Å²) in [5, 5.41) is 0. The molecule has 0 aromatic rings. The van der Waals surface area contributed by atoms with Gasteiger partial charge in [-0.15, -0.1) is 0 Å². The lowest BCUT2D eigenvalue weighted by atomic mass is 9.85. The van der Waals surface area contributed by atoms with Crippen molar-refractivity contribution in [2.24, 2.45) is 11.8 Å². The Bertz CT molecular complexity index is 693. The van der Waals surface area contributed by atoms with Crippen LogP contribution in [0.2, 0.25) is 58.9 Å². The monoisotopic (exact) mass is 586 g/mol. The predicted molar refractivity (Wildman–Crippen MR) is 169 cm³/mol. The van der Waals surface area contributed by atoms with Crippen molar-refractivity contribution >= 4 is 30.9 Å². The third kappa shape index (κ3) is 16.1. The molecule has 0 aromatic heterocycles. The first kappa shape index (κ1) is 35.8. The number of carbonyl (C=O) groups excluding carboxylic acids is 1. The molecule has 0 saturated heterocycles. The van der Waals surface area contributed by atoms with E-state index in [1.54, 1.807) is 0 Å². The molecule has 5 nitrogen and oxygen atoms in total. The van der Waals surface area contributed by atoms with Crippen LogP contribution in [0.4, 0.5) is 0 Å². The van der Waals surface area contributed by atoms with Gasteiger partial charge in [-0.05, 0) is 116 Å². The molecular formula is C30H62O5Si3.